The van der Waals surface area contributed by atoms with Crippen LogP contribution in [0.15, 0.2) is 22.7 Å². The van der Waals surface area contributed by atoms with Crippen LogP contribution >= 0.6 is 0 Å². The Balaban J connectivity index is 1.72. The molecule has 2 aromatic rings. The number of methoxy groups -OCH3 is 1. The molecule has 2 N–H and O–H groups in total. The molecule has 0 radical (unpaired) electrons. The number of nitrogens with one attached hydrogen (secondary N) is 2. The molecule has 8 heteroatoms. The Morgan fingerprint density at radius 3 is 3.19 bits per heavy atom. The van der Waals surface area contributed by atoms with Crippen molar-refractivity contribution in [3.63, 3.8) is 0 Å². The fraction of sp³-hybridized carbons (Fsp3) is 0.385. The van der Waals surface area contributed by atoms with Crippen LogP contribution in [-0.2, 0) is 0 Å². The molecule has 3 heterocycles. The summed E-state index contributed by atoms with van der Waals surface area (Å²) in [5.41, 5.74) is 0.304. The fourth-order valence-corrected chi connectivity index (χ4v) is 2.21. The van der Waals surface area contributed by atoms with Crippen molar-refractivity contribution in [2.24, 2.45) is 0 Å². The van der Waals surface area contributed by atoms with Crippen molar-refractivity contribution in [1.29, 1.82) is 0 Å². The number of hydrogen-bond donors (Lipinski definition) is 2. The average molecular weight is 289 g/mol. The first-order valence-electron chi connectivity index (χ1n) is 6.65. The SMILES string of the molecule is COc1ncccc1C(=O)Nc1nnc(C2CCCN2)o1. The number of rotatable bonds is 4. The molecule has 1 aliphatic heterocycles. The van der Waals surface area contributed by atoms with Crippen LogP contribution in [0.5, 0.6) is 5.88 Å². The molecule has 0 aliphatic carbocycles. The van der Waals surface area contributed by atoms with Crippen molar-refractivity contribution < 1.29 is 13.9 Å². The van der Waals surface area contributed by atoms with E-state index in [1.54, 1.807) is 18.3 Å². The minimum atomic E-state index is -0.408. The van der Waals surface area contributed by atoms with Crippen LogP contribution in [0.4, 0.5) is 6.01 Å². The van der Waals surface area contributed by atoms with Gasteiger partial charge in [-0.2, -0.15) is 0 Å². The van der Waals surface area contributed by atoms with Crippen LogP contribution in [0.25, 0.3) is 0 Å². The van der Waals surface area contributed by atoms with Crippen molar-refractivity contribution in [3.05, 3.63) is 29.8 Å². The van der Waals surface area contributed by atoms with E-state index in [4.69, 9.17) is 9.15 Å². The molecule has 1 saturated heterocycles. The van der Waals surface area contributed by atoms with E-state index in [-0.39, 0.29) is 17.9 Å². The monoisotopic (exact) mass is 289 g/mol. The van der Waals surface area contributed by atoms with Crippen LogP contribution < -0.4 is 15.4 Å². The lowest BCUT2D eigenvalue weighted by molar-refractivity contribution is 0.102. The molecule has 0 bridgehead atoms. The largest absolute Gasteiger partial charge is 0.480 e. The number of carbonyl (C=O) groups is 1. The van der Waals surface area contributed by atoms with Gasteiger partial charge in [0.05, 0.1) is 13.2 Å². The Labute approximate surface area is 120 Å². The second kappa shape index (κ2) is 5.88. The summed E-state index contributed by atoms with van der Waals surface area (Å²) in [7, 11) is 1.45. The van der Waals surface area contributed by atoms with Gasteiger partial charge < -0.3 is 14.5 Å². The standard InChI is InChI=1S/C13H15N5O3/c1-20-11-8(4-2-7-15-11)10(19)16-13-18-17-12(21-13)9-5-3-6-14-9/h2,4,7,9,14H,3,5-6H2,1H3,(H,16,18,19). The maximum Gasteiger partial charge on any atom is 0.322 e. The number of hydrogen-bond acceptors (Lipinski definition) is 7. The summed E-state index contributed by atoms with van der Waals surface area (Å²) >= 11 is 0. The lowest BCUT2D eigenvalue weighted by atomic mass is 10.2. The van der Waals surface area contributed by atoms with Gasteiger partial charge in [-0.3, -0.25) is 10.1 Å². The van der Waals surface area contributed by atoms with Gasteiger partial charge >= 0.3 is 6.01 Å². The van der Waals surface area contributed by atoms with Crippen LogP contribution in [0.1, 0.15) is 35.1 Å². The summed E-state index contributed by atoms with van der Waals surface area (Å²) < 4.78 is 10.5. The lowest BCUT2D eigenvalue weighted by Crippen LogP contribution is -2.14. The fourth-order valence-electron chi connectivity index (χ4n) is 2.21. The minimum absolute atomic E-state index is 0.0645. The molecule has 3 rings (SSSR count). The van der Waals surface area contributed by atoms with Crippen LogP contribution in [-0.4, -0.2) is 34.7 Å². The molecule has 1 aliphatic rings. The maximum atomic E-state index is 12.1. The summed E-state index contributed by atoms with van der Waals surface area (Å²) in [6.45, 7) is 0.932. The molecular weight excluding hydrogens is 274 g/mol. The van der Waals surface area contributed by atoms with Gasteiger partial charge in [-0.05, 0) is 31.5 Å². The Morgan fingerprint density at radius 2 is 2.43 bits per heavy atom. The molecule has 21 heavy (non-hydrogen) atoms. The molecular formula is C13H15N5O3. The van der Waals surface area contributed by atoms with Gasteiger partial charge in [0.15, 0.2) is 0 Å². The van der Waals surface area contributed by atoms with E-state index in [2.05, 4.69) is 25.8 Å². The van der Waals surface area contributed by atoms with Crippen molar-refractivity contribution in [3.8, 4) is 5.88 Å². The first kappa shape index (κ1) is 13.5. The second-order valence-corrected chi connectivity index (χ2v) is 4.61. The highest BCUT2D eigenvalue weighted by atomic mass is 16.5. The van der Waals surface area contributed by atoms with Crippen molar-refractivity contribution in [2.75, 3.05) is 19.0 Å². The number of amides is 1. The van der Waals surface area contributed by atoms with Gasteiger partial charge in [-0.25, -0.2) is 4.98 Å². The molecule has 2 aromatic heterocycles. The van der Waals surface area contributed by atoms with Crippen LogP contribution in [0.2, 0.25) is 0 Å². The molecule has 0 aromatic carbocycles. The Kier molecular flexibility index (Phi) is 3.78. The summed E-state index contributed by atoms with van der Waals surface area (Å²) in [4.78, 5) is 16.1. The zero-order valence-corrected chi connectivity index (χ0v) is 11.5. The predicted molar refractivity (Wildman–Crippen MR) is 73.0 cm³/mol. The maximum absolute atomic E-state index is 12.1. The molecule has 8 nitrogen and oxygen atoms in total. The highest BCUT2D eigenvalue weighted by Gasteiger charge is 2.23. The second-order valence-electron chi connectivity index (χ2n) is 4.61. The van der Waals surface area contributed by atoms with Crippen molar-refractivity contribution in [2.45, 2.75) is 18.9 Å². The van der Waals surface area contributed by atoms with Gasteiger partial charge in [0, 0.05) is 6.20 Å². The van der Waals surface area contributed by atoms with Gasteiger partial charge in [-0.15, -0.1) is 5.10 Å². The molecule has 0 saturated carbocycles. The minimum Gasteiger partial charge on any atom is -0.480 e. The van der Waals surface area contributed by atoms with E-state index in [9.17, 15) is 4.79 Å². The zero-order chi connectivity index (χ0) is 14.7. The topological polar surface area (TPSA) is 102 Å². The smallest absolute Gasteiger partial charge is 0.322 e. The number of nitrogens with zero attached hydrogens (tertiary/aromatic N) is 3. The quantitative estimate of drug-likeness (QED) is 0.870. The number of pyridine rings is 1. The predicted octanol–water partition coefficient (Wildman–Crippen LogP) is 1.15. The molecule has 1 amide bonds. The van der Waals surface area contributed by atoms with E-state index in [0.29, 0.717) is 11.5 Å². The van der Waals surface area contributed by atoms with E-state index in [1.807, 2.05) is 0 Å². The Hall–Kier alpha value is -2.48. The van der Waals surface area contributed by atoms with Gasteiger partial charge in [0.1, 0.15) is 5.56 Å². The average Bonchev–Trinajstić information content (AvgIpc) is 3.17. The number of aromatic nitrogens is 3. The summed E-state index contributed by atoms with van der Waals surface area (Å²) in [6.07, 6.45) is 3.57. The Morgan fingerprint density at radius 1 is 1.52 bits per heavy atom. The number of anilines is 1. The summed E-state index contributed by atoms with van der Waals surface area (Å²) in [6, 6.07) is 3.39. The summed E-state index contributed by atoms with van der Waals surface area (Å²) in [5.74, 6) is 0.322. The third-order valence-electron chi connectivity index (χ3n) is 3.23. The third kappa shape index (κ3) is 2.84. The lowest BCUT2D eigenvalue weighted by Gasteiger charge is -2.05. The molecule has 1 atom stereocenters. The Bertz CT molecular complexity index is 636. The first-order chi connectivity index (χ1) is 10.3. The highest BCUT2D eigenvalue weighted by Crippen LogP contribution is 2.23. The van der Waals surface area contributed by atoms with Gasteiger partial charge in [-0.1, -0.05) is 5.10 Å². The first-order valence-corrected chi connectivity index (χ1v) is 6.65. The summed E-state index contributed by atoms with van der Waals surface area (Å²) in [5, 5.41) is 13.6. The van der Waals surface area contributed by atoms with Crippen molar-refractivity contribution >= 4 is 11.9 Å². The molecule has 1 fully saturated rings. The number of ether oxygens (including phenoxy) is 1. The highest BCUT2D eigenvalue weighted by molar-refractivity contribution is 6.04. The van der Waals surface area contributed by atoms with Crippen LogP contribution in [0.3, 0.4) is 0 Å². The molecule has 1 unspecified atom stereocenters. The van der Waals surface area contributed by atoms with E-state index < -0.39 is 5.91 Å². The van der Waals surface area contributed by atoms with Gasteiger partial charge in [0.2, 0.25) is 11.8 Å². The van der Waals surface area contributed by atoms with Gasteiger partial charge in [0.25, 0.3) is 5.91 Å². The van der Waals surface area contributed by atoms with Crippen LogP contribution in [0, 0.1) is 0 Å². The molecule has 110 valence electrons. The van der Waals surface area contributed by atoms with E-state index >= 15 is 0 Å². The number of carbonyl (C=O) groups excluding carboxylic acids is 1. The van der Waals surface area contributed by atoms with E-state index in [1.165, 1.54) is 7.11 Å². The van der Waals surface area contributed by atoms with Crippen molar-refractivity contribution in [1.82, 2.24) is 20.5 Å². The zero-order valence-electron chi connectivity index (χ0n) is 11.5. The molecule has 0 spiro atoms. The third-order valence-corrected chi connectivity index (χ3v) is 3.23. The normalized spacial score (nSPS) is 17.7. The van der Waals surface area contributed by atoms with E-state index in [0.717, 1.165) is 19.4 Å².